The standard InChI is InChI=1S/C10H5Cl2IN2O2/c11-4-2-1-3-5(12)6(4)8-14-9(16)7(13)10(17)15-8/h1-3H,(H2,14,15,16,17). The first-order valence-corrected chi connectivity index (χ1v) is 6.27. The number of hydrogen-bond acceptors (Lipinski definition) is 3. The summed E-state index contributed by atoms with van der Waals surface area (Å²) >= 11 is 13.7. The third kappa shape index (κ3) is 2.41. The van der Waals surface area contributed by atoms with Crippen LogP contribution in [0.15, 0.2) is 23.0 Å². The van der Waals surface area contributed by atoms with E-state index in [0.717, 1.165) is 0 Å². The zero-order chi connectivity index (χ0) is 12.6. The second-order valence-electron chi connectivity index (χ2n) is 3.15. The topological polar surface area (TPSA) is 66.0 Å². The molecule has 0 unspecified atom stereocenters. The number of hydrogen-bond donors (Lipinski definition) is 2. The maximum Gasteiger partial charge on any atom is 0.268 e. The first-order valence-electron chi connectivity index (χ1n) is 4.44. The van der Waals surface area contributed by atoms with E-state index in [1.165, 1.54) is 0 Å². The van der Waals surface area contributed by atoms with Gasteiger partial charge < -0.3 is 10.1 Å². The molecule has 0 amide bonds. The lowest BCUT2D eigenvalue weighted by Gasteiger charge is -2.06. The first kappa shape index (κ1) is 12.7. The van der Waals surface area contributed by atoms with Gasteiger partial charge in [0.1, 0.15) is 9.39 Å². The van der Waals surface area contributed by atoms with Crippen LogP contribution in [0.2, 0.25) is 10.0 Å². The number of aromatic amines is 1. The van der Waals surface area contributed by atoms with Gasteiger partial charge in [0.2, 0.25) is 5.88 Å². The predicted molar refractivity (Wildman–Crippen MR) is 74.7 cm³/mol. The molecule has 0 bridgehead atoms. The number of nitrogens with one attached hydrogen (secondary N) is 1. The monoisotopic (exact) mass is 382 g/mol. The van der Waals surface area contributed by atoms with Gasteiger partial charge in [-0.3, -0.25) is 4.79 Å². The van der Waals surface area contributed by atoms with Crippen molar-refractivity contribution in [2.24, 2.45) is 0 Å². The van der Waals surface area contributed by atoms with E-state index >= 15 is 0 Å². The van der Waals surface area contributed by atoms with Crippen molar-refractivity contribution in [1.82, 2.24) is 9.97 Å². The Morgan fingerprint density at radius 2 is 1.88 bits per heavy atom. The third-order valence-corrected chi connectivity index (χ3v) is 3.65. The summed E-state index contributed by atoms with van der Waals surface area (Å²) in [5, 5.41) is 10.2. The molecular weight excluding hydrogens is 378 g/mol. The molecule has 1 heterocycles. The summed E-state index contributed by atoms with van der Waals surface area (Å²) in [6.07, 6.45) is 0. The fraction of sp³-hybridized carbons (Fsp3) is 0. The molecule has 4 nitrogen and oxygen atoms in total. The zero-order valence-electron chi connectivity index (χ0n) is 8.17. The smallest absolute Gasteiger partial charge is 0.268 e. The van der Waals surface area contributed by atoms with Gasteiger partial charge in [-0.1, -0.05) is 29.3 Å². The van der Waals surface area contributed by atoms with Gasteiger partial charge in [0.05, 0.1) is 15.6 Å². The fourth-order valence-corrected chi connectivity index (χ4v) is 2.12. The zero-order valence-corrected chi connectivity index (χ0v) is 11.8. The quantitative estimate of drug-likeness (QED) is 0.745. The van der Waals surface area contributed by atoms with Gasteiger partial charge in [0, 0.05) is 0 Å². The van der Waals surface area contributed by atoms with Crippen LogP contribution in [0.5, 0.6) is 5.88 Å². The summed E-state index contributed by atoms with van der Waals surface area (Å²) in [4.78, 5) is 17.9. The summed E-state index contributed by atoms with van der Waals surface area (Å²) in [7, 11) is 0. The molecule has 2 N–H and O–H groups in total. The van der Waals surface area contributed by atoms with Crippen molar-refractivity contribution in [1.29, 1.82) is 0 Å². The van der Waals surface area contributed by atoms with E-state index in [-0.39, 0.29) is 15.3 Å². The van der Waals surface area contributed by atoms with Crippen LogP contribution < -0.4 is 5.56 Å². The Labute approximate surface area is 120 Å². The molecule has 0 aliphatic rings. The normalized spacial score (nSPS) is 10.5. The van der Waals surface area contributed by atoms with Crippen LogP contribution in [0.4, 0.5) is 0 Å². The van der Waals surface area contributed by atoms with E-state index in [4.69, 9.17) is 23.2 Å². The van der Waals surface area contributed by atoms with Crippen molar-refractivity contribution >= 4 is 45.8 Å². The minimum atomic E-state index is -0.441. The van der Waals surface area contributed by atoms with E-state index < -0.39 is 5.56 Å². The molecule has 0 saturated heterocycles. The summed E-state index contributed by atoms with van der Waals surface area (Å²) in [6.45, 7) is 0. The fourth-order valence-electron chi connectivity index (χ4n) is 1.29. The summed E-state index contributed by atoms with van der Waals surface area (Å²) in [6, 6.07) is 4.92. The molecule has 0 atom stereocenters. The Kier molecular flexibility index (Phi) is 3.60. The summed E-state index contributed by atoms with van der Waals surface area (Å²) < 4.78 is 0.120. The average molecular weight is 383 g/mol. The van der Waals surface area contributed by atoms with Gasteiger partial charge in [-0.15, -0.1) is 0 Å². The van der Waals surface area contributed by atoms with Crippen molar-refractivity contribution in [3.63, 3.8) is 0 Å². The molecule has 7 heteroatoms. The maximum absolute atomic E-state index is 11.5. The Hall–Kier alpha value is -0.790. The highest BCUT2D eigenvalue weighted by molar-refractivity contribution is 14.1. The highest BCUT2D eigenvalue weighted by Crippen LogP contribution is 2.32. The maximum atomic E-state index is 11.5. The lowest BCUT2D eigenvalue weighted by atomic mass is 10.2. The van der Waals surface area contributed by atoms with Gasteiger partial charge >= 0.3 is 0 Å². The molecule has 0 spiro atoms. The van der Waals surface area contributed by atoms with Crippen molar-refractivity contribution in [2.45, 2.75) is 0 Å². The van der Waals surface area contributed by atoms with Crippen LogP contribution in [0.3, 0.4) is 0 Å². The molecule has 0 fully saturated rings. The predicted octanol–water partition coefficient (Wildman–Crippen LogP) is 3.05. The Balaban J connectivity index is 2.74. The van der Waals surface area contributed by atoms with Crippen LogP contribution >= 0.6 is 45.8 Å². The second kappa shape index (κ2) is 4.83. The van der Waals surface area contributed by atoms with Crippen LogP contribution in [0.25, 0.3) is 11.4 Å². The molecule has 1 aromatic carbocycles. The Morgan fingerprint density at radius 1 is 1.29 bits per heavy atom. The van der Waals surface area contributed by atoms with Crippen molar-refractivity contribution < 1.29 is 5.11 Å². The molecule has 88 valence electrons. The minimum Gasteiger partial charge on any atom is -0.492 e. The van der Waals surface area contributed by atoms with Crippen molar-refractivity contribution in [2.75, 3.05) is 0 Å². The van der Waals surface area contributed by atoms with E-state index in [0.29, 0.717) is 15.6 Å². The highest BCUT2D eigenvalue weighted by Gasteiger charge is 2.14. The number of aromatic nitrogens is 2. The number of nitrogens with zero attached hydrogens (tertiary/aromatic N) is 1. The molecular formula is C10H5Cl2IN2O2. The summed E-state index contributed by atoms with van der Waals surface area (Å²) in [5.41, 5.74) is -0.0521. The van der Waals surface area contributed by atoms with Crippen LogP contribution in [-0.4, -0.2) is 15.1 Å². The third-order valence-electron chi connectivity index (χ3n) is 2.04. The van der Waals surface area contributed by atoms with Gasteiger partial charge in [0.15, 0.2) is 0 Å². The van der Waals surface area contributed by atoms with E-state index in [2.05, 4.69) is 9.97 Å². The van der Waals surface area contributed by atoms with E-state index in [1.54, 1.807) is 40.8 Å². The molecule has 0 saturated carbocycles. The van der Waals surface area contributed by atoms with Gasteiger partial charge in [-0.25, -0.2) is 0 Å². The minimum absolute atomic E-state index is 0.120. The molecule has 2 aromatic rings. The number of aromatic hydroxyl groups is 1. The van der Waals surface area contributed by atoms with Crippen LogP contribution in [0, 0.1) is 3.57 Å². The van der Waals surface area contributed by atoms with E-state index in [9.17, 15) is 9.90 Å². The molecule has 1 aromatic heterocycles. The van der Waals surface area contributed by atoms with E-state index in [1.807, 2.05) is 0 Å². The van der Waals surface area contributed by atoms with Crippen molar-refractivity contribution in [3.05, 3.63) is 42.2 Å². The van der Waals surface area contributed by atoms with Gasteiger partial charge in [0.25, 0.3) is 5.56 Å². The first-order chi connectivity index (χ1) is 8.00. The number of halogens is 3. The largest absolute Gasteiger partial charge is 0.492 e. The number of benzene rings is 1. The molecule has 0 radical (unpaired) electrons. The average Bonchev–Trinajstić information content (AvgIpc) is 2.25. The lowest BCUT2D eigenvalue weighted by molar-refractivity contribution is 0.447. The second-order valence-corrected chi connectivity index (χ2v) is 5.04. The Morgan fingerprint density at radius 3 is 2.41 bits per heavy atom. The lowest BCUT2D eigenvalue weighted by Crippen LogP contribution is -2.12. The van der Waals surface area contributed by atoms with Gasteiger partial charge in [-0.05, 0) is 34.7 Å². The van der Waals surface area contributed by atoms with Crippen molar-refractivity contribution in [3.8, 4) is 17.3 Å². The van der Waals surface area contributed by atoms with Crippen LogP contribution in [-0.2, 0) is 0 Å². The van der Waals surface area contributed by atoms with Gasteiger partial charge in [-0.2, -0.15) is 4.98 Å². The Bertz CT molecular complexity index is 622. The molecule has 2 rings (SSSR count). The number of H-pyrrole nitrogens is 1. The molecule has 0 aliphatic carbocycles. The molecule has 0 aliphatic heterocycles. The summed E-state index contributed by atoms with van der Waals surface area (Å²) in [5.74, 6) is -0.205. The van der Waals surface area contributed by atoms with Crippen LogP contribution in [0.1, 0.15) is 0 Å². The highest BCUT2D eigenvalue weighted by atomic mass is 127. The SMILES string of the molecule is O=c1[nH]c(-c2c(Cl)cccc2Cl)nc(O)c1I. The number of rotatable bonds is 1. The molecule has 17 heavy (non-hydrogen) atoms.